The van der Waals surface area contributed by atoms with Crippen molar-refractivity contribution in [2.24, 2.45) is 5.92 Å². The van der Waals surface area contributed by atoms with Crippen molar-refractivity contribution < 1.29 is 56.9 Å². The van der Waals surface area contributed by atoms with E-state index in [2.05, 4.69) is 0 Å². The van der Waals surface area contributed by atoms with Gasteiger partial charge in [-0.25, -0.2) is 0 Å². The van der Waals surface area contributed by atoms with E-state index >= 15 is 0 Å². The molecule has 0 aromatic heterocycles. The summed E-state index contributed by atoms with van der Waals surface area (Å²) < 4.78 is 117. The summed E-state index contributed by atoms with van der Waals surface area (Å²) in [5.41, 5.74) is 0. The van der Waals surface area contributed by atoms with Gasteiger partial charge in [-0.3, -0.25) is 0 Å². The van der Waals surface area contributed by atoms with Crippen LogP contribution >= 0.6 is 0 Å². The van der Waals surface area contributed by atoms with Gasteiger partial charge in [0.25, 0.3) is 0 Å². The Bertz CT molecular complexity index is 194. The van der Waals surface area contributed by atoms with Gasteiger partial charge in [-0.1, -0.05) is 20.3 Å². The molecule has 0 unspecified atom stereocenters. The van der Waals surface area contributed by atoms with Crippen molar-refractivity contribution in [3.05, 3.63) is 0 Å². The number of aliphatic hydroxyl groups excluding tert-OH is 1. The quantitative estimate of drug-likeness (QED) is 0.526. The van der Waals surface area contributed by atoms with Gasteiger partial charge in [0.1, 0.15) is 0 Å². The molecule has 0 aromatic rings. The Morgan fingerprint density at radius 1 is 0.652 bits per heavy atom. The molecule has 0 radical (unpaired) electrons. The van der Waals surface area contributed by atoms with Crippen LogP contribution in [-0.2, 0) is 0 Å². The summed E-state index contributed by atoms with van der Waals surface area (Å²) in [4.78, 5) is 0. The Hall–Kier alpha value is 0.951. The van der Waals surface area contributed by atoms with E-state index < -0.39 is 21.8 Å². The van der Waals surface area contributed by atoms with E-state index in [1.165, 1.54) is 12.8 Å². The van der Waals surface area contributed by atoms with Gasteiger partial charge in [0.15, 0.2) is 0 Å². The number of halogens is 12. The van der Waals surface area contributed by atoms with Gasteiger partial charge in [-0.15, -0.1) is 0 Å². The zero-order valence-electron chi connectivity index (χ0n) is 10.1. The standard InChI is InChI=1S/C5H10O.CH4.3BF4.K.H/c6-4-3-5-1-2-5;;3*2-1(3,4)5;;/h5-6H,1-4H2;1H4;;;;;/q;;3*-1;;. The van der Waals surface area contributed by atoms with Crippen LogP contribution in [0.25, 0.3) is 0 Å². The maximum atomic E-state index is 9.75. The van der Waals surface area contributed by atoms with Gasteiger partial charge in [-0.05, 0) is 12.3 Å². The molecule has 1 fully saturated rings. The average molecular weight is 403 g/mol. The van der Waals surface area contributed by atoms with Crippen LogP contribution in [0.15, 0.2) is 0 Å². The molecule has 0 aliphatic heterocycles. The summed E-state index contributed by atoms with van der Waals surface area (Å²) >= 11 is 0. The molecule has 1 saturated carbocycles. The maximum absolute atomic E-state index is 9.75. The van der Waals surface area contributed by atoms with Gasteiger partial charge in [0, 0.05) is 6.61 Å². The van der Waals surface area contributed by atoms with Crippen LogP contribution in [0, 0.1) is 5.92 Å². The van der Waals surface area contributed by atoms with Crippen LogP contribution in [0.1, 0.15) is 26.7 Å². The number of aliphatic hydroxyl groups is 1. The molecule has 0 spiro atoms. The van der Waals surface area contributed by atoms with Gasteiger partial charge in [0.2, 0.25) is 0 Å². The molecule has 23 heavy (non-hydrogen) atoms. The molecule has 1 N–H and O–H groups in total. The fraction of sp³-hybridized carbons (Fsp3) is 1.00. The van der Waals surface area contributed by atoms with Crippen LogP contribution < -0.4 is 0 Å². The normalized spacial score (nSPS) is 13.4. The Morgan fingerprint density at radius 2 is 0.826 bits per heavy atom. The SMILES string of the molecule is C.F[B-](F)(F)F.F[B-](F)(F)F.F[B-](F)(F)F.OCCC1CC1.[KH]. The Balaban J connectivity index is -0.0000000612. The van der Waals surface area contributed by atoms with Crippen molar-refractivity contribution in [1.82, 2.24) is 0 Å². The molecule has 17 heteroatoms. The second-order valence-electron chi connectivity index (χ2n) is 3.44. The van der Waals surface area contributed by atoms with Crippen molar-refractivity contribution in [3.8, 4) is 0 Å². The van der Waals surface area contributed by atoms with Gasteiger partial charge in [-0.2, -0.15) is 0 Å². The van der Waals surface area contributed by atoms with Gasteiger partial charge >= 0.3 is 73.1 Å². The minimum atomic E-state index is -6.00. The van der Waals surface area contributed by atoms with E-state index in [0.717, 1.165) is 12.3 Å². The number of rotatable bonds is 2. The molecule has 1 rings (SSSR count). The molecule has 0 atom stereocenters. The zero-order valence-corrected chi connectivity index (χ0v) is 10.1. The third kappa shape index (κ3) is 208. The molecule has 1 nitrogen and oxygen atoms in total. The van der Waals surface area contributed by atoms with E-state index in [9.17, 15) is 51.8 Å². The minimum absolute atomic E-state index is 0. The van der Waals surface area contributed by atoms with Gasteiger partial charge in [0.05, 0.1) is 0 Å². The van der Waals surface area contributed by atoms with Gasteiger partial charge < -0.3 is 56.9 Å². The predicted molar refractivity (Wildman–Crippen MR) is 68.9 cm³/mol. The first-order valence-electron chi connectivity index (χ1n) is 5.16. The molecular weight excluding hydrogens is 388 g/mol. The van der Waals surface area contributed by atoms with E-state index in [0.29, 0.717) is 6.61 Å². The first-order chi connectivity index (χ1) is 8.93. The van der Waals surface area contributed by atoms with E-state index in [1.807, 2.05) is 0 Å². The van der Waals surface area contributed by atoms with Crippen LogP contribution in [0.4, 0.5) is 51.8 Å². The summed E-state index contributed by atoms with van der Waals surface area (Å²) in [5.74, 6) is 0.898. The second kappa shape index (κ2) is 16.4. The summed E-state index contributed by atoms with van der Waals surface area (Å²) in [6, 6.07) is 0. The van der Waals surface area contributed by atoms with E-state index in [-0.39, 0.29) is 58.8 Å². The molecule has 0 aromatic carbocycles. The summed E-state index contributed by atoms with van der Waals surface area (Å²) in [6.07, 6.45) is 3.76. The Morgan fingerprint density at radius 3 is 0.870 bits per heavy atom. The molecule has 142 valence electrons. The topological polar surface area (TPSA) is 20.2 Å². The summed E-state index contributed by atoms with van der Waals surface area (Å²) in [5, 5.41) is 8.28. The van der Waals surface area contributed by atoms with Crippen molar-refractivity contribution in [3.63, 3.8) is 0 Å². The molecule has 0 heterocycles. The van der Waals surface area contributed by atoms with Crippen molar-refractivity contribution in [2.45, 2.75) is 26.7 Å². The molecular formula is C6H15B3F12KO-3. The van der Waals surface area contributed by atoms with Crippen LogP contribution in [0.5, 0.6) is 0 Å². The van der Waals surface area contributed by atoms with Crippen molar-refractivity contribution in [2.75, 3.05) is 6.61 Å². The zero-order chi connectivity index (χ0) is 17.9. The summed E-state index contributed by atoms with van der Waals surface area (Å²) in [6.45, 7) is 0.394. The molecule has 0 saturated heterocycles. The summed E-state index contributed by atoms with van der Waals surface area (Å²) in [7, 11) is -18.0. The van der Waals surface area contributed by atoms with E-state index in [1.54, 1.807) is 0 Å². The first-order valence-corrected chi connectivity index (χ1v) is 5.16. The molecule has 1 aliphatic carbocycles. The molecule has 1 aliphatic rings. The number of hydrogen-bond acceptors (Lipinski definition) is 1. The monoisotopic (exact) mass is 403 g/mol. The fourth-order valence-corrected chi connectivity index (χ4v) is 0.589. The van der Waals surface area contributed by atoms with Crippen LogP contribution in [0.2, 0.25) is 0 Å². The van der Waals surface area contributed by atoms with Crippen LogP contribution in [0.3, 0.4) is 0 Å². The molecule has 0 amide bonds. The second-order valence-corrected chi connectivity index (χ2v) is 3.44. The Labute approximate surface area is 168 Å². The predicted octanol–water partition coefficient (Wildman–Crippen LogP) is 4.67. The van der Waals surface area contributed by atoms with E-state index in [4.69, 9.17) is 5.11 Å². The average Bonchev–Trinajstić information content (AvgIpc) is 2.77. The first kappa shape index (κ1) is 35.1. The Kier molecular flexibility index (Phi) is 25.1. The third-order valence-corrected chi connectivity index (χ3v) is 1.23. The van der Waals surface area contributed by atoms with Crippen molar-refractivity contribution >= 4 is 73.1 Å². The fourth-order valence-electron chi connectivity index (χ4n) is 0.589. The van der Waals surface area contributed by atoms with Crippen LogP contribution in [-0.4, -0.2) is 84.9 Å². The third-order valence-electron chi connectivity index (χ3n) is 1.23. The molecule has 0 bridgehead atoms. The van der Waals surface area contributed by atoms with Crippen molar-refractivity contribution in [1.29, 1.82) is 0 Å². The number of hydrogen-bond donors (Lipinski definition) is 1.